The lowest BCUT2D eigenvalue weighted by atomic mass is 9.70. The number of rotatable bonds is 1. The van der Waals surface area contributed by atoms with E-state index in [1.165, 1.54) is 0 Å². The molecule has 10 heavy (non-hydrogen) atoms. The average molecular weight is 136 g/mol. The molecule has 0 radical (unpaired) electrons. The van der Waals surface area contributed by atoms with Gasteiger partial charge in [0.2, 0.25) is 0 Å². The fourth-order valence-corrected chi connectivity index (χ4v) is 1.63. The third-order valence-electron chi connectivity index (χ3n) is 2.73. The van der Waals surface area contributed by atoms with Gasteiger partial charge in [0.15, 0.2) is 0 Å². The molecule has 0 aliphatic heterocycles. The standard InChI is InChI=1S/C10H16/c1-5-6-10-8(3)7(2)9(10)4/h5-8H,1-4H3/b6-5-. The molecule has 0 heterocycles. The van der Waals surface area contributed by atoms with E-state index in [-0.39, 0.29) is 0 Å². The molecule has 0 nitrogen and oxygen atoms in total. The van der Waals surface area contributed by atoms with E-state index in [1.807, 2.05) is 0 Å². The smallest absolute Gasteiger partial charge is 0.0128 e. The Morgan fingerprint density at radius 2 is 1.80 bits per heavy atom. The summed E-state index contributed by atoms with van der Waals surface area (Å²) in [4.78, 5) is 0. The molecule has 1 rings (SSSR count). The van der Waals surface area contributed by atoms with E-state index in [0.29, 0.717) is 0 Å². The van der Waals surface area contributed by atoms with Crippen LogP contribution in [0.5, 0.6) is 0 Å². The van der Waals surface area contributed by atoms with Crippen molar-refractivity contribution >= 4 is 0 Å². The summed E-state index contributed by atoms with van der Waals surface area (Å²) >= 11 is 0. The Kier molecular flexibility index (Phi) is 1.98. The number of hydrogen-bond donors (Lipinski definition) is 0. The Morgan fingerprint density at radius 1 is 1.20 bits per heavy atom. The summed E-state index contributed by atoms with van der Waals surface area (Å²) in [6.45, 7) is 8.91. The number of hydrogen-bond acceptors (Lipinski definition) is 0. The second-order valence-corrected chi connectivity index (χ2v) is 3.22. The van der Waals surface area contributed by atoms with Gasteiger partial charge in [0.25, 0.3) is 0 Å². The highest BCUT2D eigenvalue weighted by atomic mass is 14.3. The fraction of sp³-hybridized carbons (Fsp3) is 0.600. The van der Waals surface area contributed by atoms with Crippen molar-refractivity contribution in [1.29, 1.82) is 0 Å². The van der Waals surface area contributed by atoms with E-state index in [9.17, 15) is 0 Å². The van der Waals surface area contributed by atoms with Crippen LogP contribution in [0.2, 0.25) is 0 Å². The highest BCUT2D eigenvalue weighted by Crippen LogP contribution is 2.40. The quantitative estimate of drug-likeness (QED) is 0.519. The first-order valence-corrected chi connectivity index (χ1v) is 4.01. The maximum atomic E-state index is 2.30. The van der Waals surface area contributed by atoms with Crippen LogP contribution >= 0.6 is 0 Å². The molecular formula is C10H16. The summed E-state index contributed by atoms with van der Waals surface area (Å²) in [5, 5.41) is 0. The molecule has 1 aliphatic carbocycles. The third kappa shape index (κ3) is 0.920. The third-order valence-corrected chi connectivity index (χ3v) is 2.73. The van der Waals surface area contributed by atoms with Crippen molar-refractivity contribution in [3.05, 3.63) is 23.3 Å². The molecule has 0 spiro atoms. The van der Waals surface area contributed by atoms with Crippen molar-refractivity contribution < 1.29 is 0 Å². The van der Waals surface area contributed by atoms with Gasteiger partial charge in [-0.2, -0.15) is 0 Å². The van der Waals surface area contributed by atoms with Gasteiger partial charge in [0.1, 0.15) is 0 Å². The lowest BCUT2D eigenvalue weighted by molar-refractivity contribution is 0.438. The molecule has 0 saturated heterocycles. The zero-order valence-electron chi connectivity index (χ0n) is 7.31. The number of allylic oxidation sites excluding steroid dienone is 4. The molecule has 0 aromatic carbocycles. The second kappa shape index (κ2) is 2.61. The molecular weight excluding hydrogens is 120 g/mol. The van der Waals surface area contributed by atoms with Crippen molar-refractivity contribution in [3.63, 3.8) is 0 Å². The van der Waals surface area contributed by atoms with Crippen LogP contribution in [-0.2, 0) is 0 Å². The Balaban J connectivity index is 2.78. The van der Waals surface area contributed by atoms with Gasteiger partial charge in [-0.25, -0.2) is 0 Å². The molecule has 0 saturated carbocycles. The van der Waals surface area contributed by atoms with Crippen LogP contribution in [0.1, 0.15) is 27.7 Å². The molecule has 0 heteroatoms. The van der Waals surface area contributed by atoms with E-state index in [4.69, 9.17) is 0 Å². The van der Waals surface area contributed by atoms with Gasteiger partial charge in [-0.15, -0.1) is 0 Å². The topological polar surface area (TPSA) is 0 Å². The predicted octanol–water partition coefficient (Wildman–Crippen LogP) is 3.16. The van der Waals surface area contributed by atoms with Gasteiger partial charge in [-0.05, 0) is 31.3 Å². The normalized spacial score (nSPS) is 33.2. The Hall–Kier alpha value is -0.520. The van der Waals surface area contributed by atoms with E-state index in [2.05, 4.69) is 39.8 Å². The largest absolute Gasteiger partial charge is 0.0874 e. The van der Waals surface area contributed by atoms with Crippen molar-refractivity contribution in [3.8, 4) is 0 Å². The van der Waals surface area contributed by atoms with Crippen LogP contribution in [0, 0.1) is 11.8 Å². The van der Waals surface area contributed by atoms with Crippen LogP contribution in [0.25, 0.3) is 0 Å². The summed E-state index contributed by atoms with van der Waals surface area (Å²) < 4.78 is 0. The van der Waals surface area contributed by atoms with Gasteiger partial charge in [0, 0.05) is 0 Å². The van der Waals surface area contributed by atoms with Gasteiger partial charge in [-0.3, -0.25) is 0 Å². The van der Waals surface area contributed by atoms with Crippen LogP contribution in [0.3, 0.4) is 0 Å². The molecule has 1 aliphatic rings. The maximum Gasteiger partial charge on any atom is -0.0128 e. The van der Waals surface area contributed by atoms with Crippen molar-refractivity contribution in [1.82, 2.24) is 0 Å². The van der Waals surface area contributed by atoms with E-state index >= 15 is 0 Å². The minimum absolute atomic E-state index is 0.788. The molecule has 0 aromatic heterocycles. The molecule has 0 amide bonds. The zero-order valence-corrected chi connectivity index (χ0v) is 7.31. The second-order valence-electron chi connectivity index (χ2n) is 3.22. The molecule has 56 valence electrons. The minimum atomic E-state index is 0.788. The Bertz CT molecular complexity index is 184. The molecule has 0 N–H and O–H groups in total. The van der Waals surface area contributed by atoms with Gasteiger partial charge in [0.05, 0.1) is 0 Å². The van der Waals surface area contributed by atoms with E-state index in [1.54, 1.807) is 11.1 Å². The summed E-state index contributed by atoms with van der Waals surface area (Å²) in [7, 11) is 0. The molecule has 2 unspecified atom stereocenters. The summed E-state index contributed by atoms with van der Waals surface area (Å²) in [5.41, 5.74) is 3.13. The highest BCUT2D eigenvalue weighted by molar-refractivity contribution is 5.37. The lowest BCUT2D eigenvalue weighted by Crippen LogP contribution is -2.23. The zero-order chi connectivity index (χ0) is 7.72. The summed E-state index contributed by atoms with van der Waals surface area (Å²) in [6, 6.07) is 0. The SMILES string of the molecule is C/C=C\C1=C(C)C(C)C1C. The monoisotopic (exact) mass is 136 g/mol. The van der Waals surface area contributed by atoms with Crippen molar-refractivity contribution in [2.75, 3.05) is 0 Å². The van der Waals surface area contributed by atoms with Crippen LogP contribution in [-0.4, -0.2) is 0 Å². The van der Waals surface area contributed by atoms with Crippen LogP contribution in [0.4, 0.5) is 0 Å². The Morgan fingerprint density at radius 3 is 2.20 bits per heavy atom. The average Bonchev–Trinajstić information content (AvgIpc) is 1.98. The molecule has 0 aromatic rings. The van der Waals surface area contributed by atoms with Crippen LogP contribution < -0.4 is 0 Å². The molecule has 0 bridgehead atoms. The summed E-state index contributed by atoms with van der Waals surface area (Å²) in [5.74, 6) is 1.60. The van der Waals surface area contributed by atoms with E-state index < -0.39 is 0 Å². The Labute approximate surface area is 63.6 Å². The van der Waals surface area contributed by atoms with Gasteiger partial charge < -0.3 is 0 Å². The van der Waals surface area contributed by atoms with E-state index in [0.717, 1.165) is 11.8 Å². The van der Waals surface area contributed by atoms with Crippen molar-refractivity contribution in [2.24, 2.45) is 11.8 Å². The summed E-state index contributed by atoms with van der Waals surface area (Å²) in [6.07, 6.45) is 4.36. The highest BCUT2D eigenvalue weighted by Gasteiger charge is 2.28. The van der Waals surface area contributed by atoms with Gasteiger partial charge >= 0.3 is 0 Å². The fourth-order valence-electron chi connectivity index (χ4n) is 1.63. The lowest BCUT2D eigenvalue weighted by Gasteiger charge is -2.35. The van der Waals surface area contributed by atoms with Gasteiger partial charge in [-0.1, -0.05) is 31.6 Å². The molecule has 0 fully saturated rings. The minimum Gasteiger partial charge on any atom is -0.0874 e. The van der Waals surface area contributed by atoms with Crippen LogP contribution in [0.15, 0.2) is 23.3 Å². The first-order chi connectivity index (χ1) is 4.68. The predicted molar refractivity (Wildman–Crippen MR) is 45.8 cm³/mol. The molecule has 2 atom stereocenters. The van der Waals surface area contributed by atoms with Crippen molar-refractivity contribution in [2.45, 2.75) is 27.7 Å². The first kappa shape index (κ1) is 7.59. The maximum absolute atomic E-state index is 2.30. The first-order valence-electron chi connectivity index (χ1n) is 4.01.